The lowest BCUT2D eigenvalue weighted by atomic mass is 10.0. The minimum Gasteiger partial charge on any atom is -0.462 e. The number of nitrogens with one attached hydrogen (secondary N) is 2. The van der Waals surface area contributed by atoms with Gasteiger partial charge in [0.25, 0.3) is 0 Å². The van der Waals surface area contributed by atoms with Crippen molar-refractivity contribution in [1.82, 2.24) is 10.2 Å². The first-order valence-corrected chi connectivity index (χ1v) is 13.4. The third-order valence-corrected chi connectivity index (χ3v) is 7.82. The van der Waals surface area contributed by atoms with Crippen molar-refractivity contribution in [2.75, 3.05) is 29.6 Å². The molecule has 0 unspecified atom stereocenters. The number of thiophene rings is 1. The van der Waals surface area contributed by atoms with Crippen LogP contribution in [0, 0.1) is 12.8 Å². The Morgan fingerprint density at radius 3 is 2.21 bits per heavy atom. The molecule has 186 valence electrons. The summed E-state index contributed by atoms with van der Waals surface area (Å²) < 4.78 is 10.6. The van der Waals surface area contributed by atoms with Crippen LogP contribution in [0.5, 0.6) is 0 Å². The van der Waals surface area contributed by atoms with Crippen LogP contribution in [0.2, 0.25) is 0 Å². The molecule has 34 heavy (non-hydrogen) atoms. The third kappa shape index (κ3) is 7.24. The van der Waals surface area contributed by atoms with Crippen LogP contribution < -0.4 is 10.6 Å². The first-order chi connectivity index (χ1) is 16.2. The molecule has 10 nitrogen and oxygen atoms in total. The van der Waals surface area contributed by atoms with Crippen LogP contribution in [0.15, 0.2) is 4.34 Å². The highest BCUT2D eigenvalue weighted by atomic mass is 32.2. The standard InChI is InChI=1S/C21H28N4O6S3/c1-6-12(7-2)16(27)23-20-24-25-21(34-20)32-10-13(26)22-17-14(18(28)30-8-3)11(5)15(33-17)19(29)31-9-4/h12H,6-10H2,1-5H3,(H,22,26)(H,23,24,27). The summed E-state index contributed by atoms with van der Waals surface area (Å²) in [4.78, 5) is 49.7. The predicted octanol–water partition coefficient (Wildman–Crippen LogP) is 4.37. The average Bonchev–Trinajstić information content (AvgIpc) is 3.37. The van der Waals surface area contributed by atoms with Crippen LogP contribution in [-0.2, 0) is 19.1 Å². The summed E-state index contributed by atoms with van der Waals surface area (Å²) in [6, 6.07) is 0. The van der Waals surface area contributed by atoms with Gasteiger partial charge >= 0.3 is 11.9 Å². The Morgan fingerprint density at radius 2 is 1.59 bits per heavy atom. The summed E-state index contributed by atoms with van der Waals surface area (Å²) in [6.07, 6.45) is 1.47. The fourth-order valence-corrected chi connectivity index (χ4v) is 5.58. The topological polar surface area (TPSA) is 137 Å². The lowest BCUT2D eigenvalue weighted by Gasteiger charge is -2.09. The number of rotatable bonds is 12. The minimum atomic E-state index is -0.628. The highest BCUT2D eigenvalue weighted by Gasteiger charge is 2.27. The molecular weight excluding hydrogens is 500 g/mol. The molecule has 0 aromatic carbocycles. The SMILES string of the molecule is CCOC(=O)c1sc(NC(=O)CSc2nnc(NC(=O)C(CC)CC)s2)c(C(=O)OCC)c1C. The fraction of sp³-hybridized carbons (Fsp3) is 0.524. The number of nitrogens with zero attached hydrogens (tertiary/aromatic N) is 2. The van der Waals surface area contributed by atoms with E-state index in [4.69, 9.17) is 9.47 Å². The molecule has 0 saturated carbocycles. The summed E-state index contributed by atoms with van der Waals surface area (Å²) in [5.74, 6) is -1.80. The van der Waals surface area contributed by atoms with Gasteiger partial charge in [-0.25, -0.2) is 9.59 Å². The molecule has 2 aromatic rings. The average molecular weight is 529 g/mol. The number of amides is 2. The first-order valence-electron chi connectivity index (χ1n) is 10.8. The maximum atomic E-state index is 12.6. The molecule has 0 atom stereocenters. The lowest BCUT2D eigenvalue weighted by Crippen LogP contribution is -2.21. The largest absolute Gasteiger partial charge is 0.462 e. The van der Waals surface area contributed by atoms with Crippen molar-refractivity contribution in [2.45, 2.75) is 51.8 Å². The van der Waals surface area contributed by atoms with Gasteiger partial charge in [0.1, 0.15) is 9.88 Å². The molecule has 0 aliphatic rings. The van der Waals surface area contributed by atoms with E-state index >= 15 is 0 Å². The van der Waals surface area contributed by atoms with E-state index in [2.05, 4.69) is 20.8 Å². The van der Waals surface area contributed by atoms with Crippen molar-refractivity contribution in [1.29, 1.82) is 0 Å². The van der Waals surface area contributed by atoms with E-state index in [1.807, 2.05) is 13.8 Å². The van der Waals surface area contributed by atoms with Gasteiger partial charge in [-0.2, -0.15) is 0 Å². The van der Waals surface area contributed by atoms with Crippen molar-refractivity contribution in [3.63, 3.8) is 0 Å². The Kier molecular flexibility index (Phi) is 10.9. The van der Waals surface area contributed by atoms with Gasteiger partial charge in [-0.3, -0.25) is 9.59 Å². The number of hydrogen-bond donors (Lipinski definition) is 2. The quantitative estimate of drug-likeness (QED) is 0.234. The Hall–Kier alpha value is -2.51. The van der Waals surface area contributed by atoms with Crippen molar-refractivity contribution in [2.24, 2.45) is 5.92 Å². The first kappa shape index (κ1) is 27.7. The Bertz CT molecular complexity index is 1030. The molecule has 0 aliphatic heterocycles. The summed E-state index contributed by atoms with van der Waals surface area (Å²) in [6.45, 7) is 9.20. The molecule has 0 aliphatic carbocycles. The van der Waals surface area contributed by atoms with Crippen molar-refractivity contribution in [3.8, 4) is 0 Å². The number of anilines is 2. The molecule has 2 heterocycles. The van der Waals surface area contributed by atoms with E-state index in [1.54, 1.807) is 20.8 Å². The van der Waals surface area contributed by atoms with Gasteiger partial charge < -0.3 is 20.1 Å². The second-order valence-corrected chi connectivity index (χ2v) is 10.1. The number of esters is 2. The van der Waals surface area contributed by atoms with Crippen LogP contribution in [0.3, 0.4) is 0 Å². The van der Waals surface area contributed by atoms with Crippen LogP contribution in [0.1, 0.15) is 66.1 Å². The molecule has 13 heteroatoms. The molecular formula is C21H28N4O6S3. The predicted molar refractivity (Wildman–Crippen MR) is 133 cm³/mol. The zero-order valence-electron chi connectivity index (χ0n) is 19.7. The maximum absolute atomic E-state index is 12.6. The van der Waals surface area contributed by atoms with E-state index in [9.17, 15) is 19.2 Å². The highest BCUT2D eigenvalue weighted by molar-refractivity contribution is 8.01. The molecule has 2 amide bonds. The summed E-state index contributed by atoms with van der Waals surface area (Å²) in [5.41, 5.74) is 0.530. The Morgan fingerprint density at radius 1 is 0.941 bits per heavy atom. The number of aromatic nitrogens is 2. The summed E-state index contributed by atoms with van der Waals surface area (Å²) in [5, 5.41) is 14.0. The fourth-order valence-electron chi connectivity index (χ4n) is 2.92. The normalized spacial score (nSPS) is 10.8. The number of hydrogen-bond acceptors (Lipinski definition) is 11. The van der Waals surface area contributed by atoms with E-state index in [0.29, 0.717) is 15.0 Å². The van der Waals surface area contributed by atoms with E-state index in [0.717, 1.165) is 35.9 Å². The maximum Gasteiger partial charge on any atom is 0.348 e. The lowest BCUT2D eigenvalue weighted by molar-refractivity contribution is -0.120. The summed E-state index contributed by atoms with van der Waals surface area (Å²) in [7, 11) is 0. The number of thioether (sulfide) groups is 1. The molecule has 0 spiro atoms. The number of ether oxygens (including phenoxy) is 2. The smallest absolute Gasteiger partial charge is 0.348 e. The molecule has 0 saturated heterocycles. The zero-order chi connectivity index (χ0) is 25.3. The molecule has 2 aromatic heterocycles. The second kappa shape index (κ2) is 13.4. The van der Waals surface area contributed by atoms with Crippen LogP contribution in [-0.4, -0.2) is 52.9 Å². The van der Waals surface area contributed by atoms with Crippen LogP contribution in [0.4, 0.5) is 10.1 Å². The molecule has 2 rings (SSSR count). The van der Waals surface area contributed by atoms with Crippen LogP contribution in [0.25, 0.3) is 0 Å². The van der Waals surface area contributed by atoms with Gasteiger partial charge in [0, 0.05) is 5.92 Å². The monoisotopic (exact) mass is 528 g/mol. The van der Waals surface area contributed by atoms with Gasteiger partial charge in [-0.15, -0.1) is 21.5 Å². The van der Waals surface area contributed by atoms with Gasteiger partial charge in [0.15, 0.2) is 4.34 Å². The minimum absolute atomic E-state index is 0.0108. The van der Waals surface area contributed by atoms with Gasteiger partial charge in [0.2, 0.25) is 16.9 Å². The number of carbonyl (C=O) groups is 4. The molecule has 0 radical (unpaired) electrons. The Balaban J connectivity index is 2.06. The van der Waals surface area contributed by atoms with Crippen molar-refractivity contribution < 1.29 is 28.7 Å². The van der Waals surface area contributed by atoms with Crippen LogP contribution >= 0.6 is 34.4 Å². The molecule has 0 fully saturated rings. The Labute approximate surface area is 210 Å². The highest BCUT2D eigenvalue weighted by Crippen LogP contribution is 2.35. The van der Waals surface area contributed by atoms with E-state index < -0.39 is 17.8 Å². The van der Waals surface area contributed by atoms with Gasteiger partial charge in [0.05, 0.1) is 24.5 Å². The van der Waals surface area contributed by atoms with Crippen molar-refractivity contribution in [3.05, 3.63) is 16.0 Å². The second-order valence-electron chi connectivity index (χ2n) is 6.91. The zero-order valence-corrected chi connectivity index (χ0v) is 22.1. The molecule has 2 N–H and O–H groups in total. The van der Waals surface area contributed by atoms with E-state index in [-0.39, 0.29) is 46.2 Å². The molecule has 0 bridgehead atoms. The third-order valence-electron chi connectivity index (χ3n) is 4.66. The van der Waals surface area contributed by atoms with E-state index in [1.165, 1.54) is 11.3 Å². The summed E-state index contributed by atoms with van der Waals surface area (Å²) >= 11 is 3.29. The van der Waals surface area contributed by atoms with Gasteiger partial charge in [-0.05, 0) is 39.2 Å². The number of carbonyl (C=O) groups excluding carboxylic acids is 4. The van der Waals surface area contributed by atoms with Crippen molar-refractivity contribution >= 4 is 68.3 Å². The van der Waals surface area contributed by atoms with Gasteiger partial charge in [-0.1, -0.05) is 36.9 Å².